The van der Waals surface area contributed by atoms with Crippen LogP contribution in [0.15, 0.2) is 78.9 Å². The van der Waals surface area contributed by atoms with Gasteiger partial charge in [0.15, 0.2) is 0 Å². The Bertz CT molecular complexity index is 1220. The zero-order chi connectivity index (χ0) is 24.8. The van der Waals surface area contributed by atoms with E-state index in [2.05, 4.69) is 15.5 Å². The third-order valence-corrected chi connectivity index (χ3v) is 6.02. The van der Waals surface area contributed by atoms with Crippen molar-refractivity contribution in [2.75, 3.05) is 42.7 Å². The smallest absolute Gasteiger partial charge is 0.258 e. The van der Waals surface area contributed by atoms with Crippen molar-refractivity contribution < 1.29 is 9.59 Å². The molecule has 6 nitrogen and oxygen atoms in total. The molecule has 2 N–H and O–H groups in total. The van der Waals surface area contributed by atoms with E-state index in [-0.39, 0.29) is 11.8 Å². The van der Waals surface area contributed by atoms with Gasteiger partial charge in [-0.2, -0.15) is 0 Å². The van der Waals surface area contributed by atoms with E-state index < -0.39 is 0 Å². The summed E-state index contributed by atoms with van der Waals surface area (Å²) in [6.07, 6.45) is 1.36. The summed E-state index contributed by atoms with van der Waals surface area (Å²) in [7, 11) is 4.07. The number of carbonyl (C=O) groups excluding carboxylic acids is 2. The number of para-hydroxylation sites is 1. The molecule has 0 atom stereocenters. The van der Waals surface area contributed by atoms with Crippen molar-refractivity contribution in [3.63, 3.8) is 0 Å². The quantitative estimate of drug-likeness (QED) is 0.418. The summed E-state index contributed by atoms with van der Waals surface area (Å²) in [6, 6.07) is 25.4. The van der Waals surface area contributed by atoms with Gasteiger partial charge in [0.25, 0.3) is 5.91 Å². The highest BCUT2D eigenvalue weighted by molar-refractivity contribution is 6.37. The lowest BCUT2D eigenvalue weighted by Gasteiger charge is -2.24. The third kappa shape index (κ3) is 5.61. The summed E-state index contributed by atoms with van der Waals surface area (Å²) < 4.78 is 0. The molecule has 1 aliphatic heterocycles. The van der Waals surface area contributed by atoms with Gasteiger partial charge in [0.2, 0.25) is 5.91 Å². The number of rotatable bonds is 9. The Hall–Kier alpha value is -3.90. The Labute approximate surface area is 207 Å². The number of hydrogen-bond acceptors (Lipinski definition) is 4. The summed E-state index contributed by atoms with van der Waals surface area (Å²) in [4.78, 5) is 29.6. The second-order valence-corrected chi connectivity index (χ2v) is 8.84. The van der Waals surface area contributed by atoms with Gasteiger partial charge in [-0.25, -0.2) is 0 Å². The molecule has 0 radical (unpaired) electrons. The standard InChI is InChI=1S/C29H32N4O2/c1-4-26(34)33(20-10-19-32(2)3)23-17-15-22(16-18-23)30-28(21-11-6-5-7-12-21)27-24-13-8-9-14-25(24)31-29(27)35/h5-9,11-18,30H,4,10,19-20H2,1-3H3,(H,31,35)/b28-27-. The predicted molar refractivity (Wildman–Crippen MR) is 144 cm³/mol. The molecule has 4 rings (SSSR count). The summed E-state index contributed by atoms with van der Waals surface area (Å²) >= 11 is 0. The average Bonchev–Trinajstić information content (AvgIpc) is 3.21. The minimum Gasteiger partial charge on any atom is -0.354 e. The zero-order valence-corrected chi connectivity index (χ0v) is 20.5. The molecular formula is C29H32N4O2. The van der Waals surface area contributed by atoms with Crippen LogP contribution in [-0.2, 0) is 9.59 Å². The highest BCUT2D eigenvalue weighted by atomic mass is 16.2. The molecule has 0 saturated carbocycles. The second kappa shape index (κ2) is 11.0. The zero-order valence-electron chi connectivity index (χ0n) is 20.5. The topological polar surface area (TPSA) is 64.7 Å². The number of nitrogens with one attached hydrogen (secondary N) is 2. The third-order valence-electron chi connectivity index (χ3n) is 6.02. The molecule has 6 heteroatoms. The van der Waals surface area contributed by atoms with Gasteiger partial charge in [-0.05, 0) is 63.0 Å². The molecule has 1 heterocycles. The fraction of sp³-hybridized carbons (Fsp3) is 0.241. The summed E-state index contributed by atoms with van der Waals surface area (Å²) in [6.45, 7) is 3.48. The monoisotopic (exact) mass is 468 g/mol. The van der Waals surface area contributed by atoms with Gasteiger partial charge in [0.1, 0.15) is 0 Å². The predicted octanol–water partition coefficient (Wildman–Crippen LogP) is 5.31. The Balaban J connectivity index is 1.65. The maximum atomic E-state index is 13.0. The van der Waals surface area contributed by atoms with Crippen molar-refractivity contribution in [1.82, 2.24) is 4.90 Å². The first-order chi connectivity index (χ1) is 17.0. The number of amides is 2. The maximum absolute atomic E-state index is 13.0. The van der Waals surface area contributed by atoms with E-state index in [4.69, 9.17) is 0 Å². The van der Waals surface area contributed by atoms with Gasteiger partial charge >= 0.3 is 0 Å². The van der Waals surface area contributed by atoms with Crippen LogP contribution in [0.5, 0.6) is 0 Å². The van der Waals surface area contributed by atoms with Crippen molar-refractivity contribution in [3.8, 4) is 0 Å². The van der Waals surface area contributed by atoms with Gasteiger partial charge in [-0.1, -0.05) is 55.5 Å². The summed E-state index contributed by atoms with van der Waals surface area (Å²) in [5.41, 5.74) is 5.68. The molecule has 1 aliphatic rings. The van der Waals surface area contributed by atoms with Crippen molar-refractivity contribution in [3.05, 3.63) is 90.0 Å². The van der Waals surface area contributed by atoms with Gasteiger partial charge in [-0.3, -0.25) is 9.59 Å². The molecule has 0 aliphatic carbocycles. The first-order valence-corrected chi connectivity index (χ1v) is 12.0. The minimum atomic E-state index is -0.130. The van der Waals surface area contributed by atoms with Crippen LogP contribution in [0.2, 0.25) is 0 Å². The van der Waals surface area contributed by atoms with Crippen LogP contribution >= 0.6 is 0 Å². The Morgan fingerprint density at radius 1 is 0.886 bits per heavy atom. The molecule has 0 bridgehead atoms. The van der Waals surface area contributed by atoms with Crippen LogP contribution in [-0.4, -0.2) is 43.9 Å². The van der Waals surface area contributed by atoms with E-state index in [1.165, 1.54) is 0 Å². The summed E-state index contributed by atoms with van der Waals surface area (Å²) in [5, 5.41) is 6.45. The van der Waals surface area contributed by atoms with Crippen molar-refractivity contribution in [2.45, 2.75) is 19.8 Å². The van der Waals surface area contributed by atoms with Crippen LogP contribution in [0.3, 0.4) is 0 Å². The van der Waals surface area contributed by atoms with E-state index in [0.717, 1.165) is 46.9 Å². The first-order valence-electron chi connectivity index (χ1n) is 12.0. The number of benzene rings is 3. The highest BCUT2D eigenvalue weighted by Crippen LogP contribution is 2.37. The summed E-state index contributed by atoms with van der Waals surface area (Å²) in [5.74, 6) is -0.0226. The molecule has 0 aromatic heterocycles. The number of fused-ring (bicyclic) bond motifs is 1. The van der Waals surface area contributed by atoms with Crippen LogP contribution < -0.4 is 15.5 Å². The van der Waals surface area contributed by atoms with E-state index >= 15 is 0 Å². The number of nitrogens with zero attached hydrogens (tertiary/aromatic N) is 2. The van der Waals surface area contributed by atoms with Gasteiger partial charge < -0.3 is 20.4 Å². The molecule has 0 saturated heterocycles. The van der Waals surface area contributed by atoms with Gasteiger partial charge in [0.05, 0.1) is 11.3 Å². The van der Waals surface area contributed by atoms with Crippen molar-refractivity contribution in [2.24, 2.45) is 0 Å². The molecule has 3 aromatic carbocycles. The molecule has 0 spiro atoms. The fourth-order valence-corrected chi connectivity index (χ4v) is 4.25. The fourth-order valence-electron chi connectivity index (χ4n) is 4.25. The van der Waals surface area contributed by atoms with Crippen molar-refractivity contribution in [1.29, 1.82) is 0 Å². The number of carbonyl (C=O) groups is 2. The molecule has 3 aromatic rings. The highest BCUT2D eigenvalue weighted by Gasteiger charge is 2.28. The normalized spacial score (nSPS) is 13.9. The Morgan fingerprint density at radius 3 is 2.26 bits per heavy atom. The van der Waals surface area contributed by atoms with Crippen LogP contribution in [0, 0.1) is 0 Å². The van der Waals surface area contributed by atoms with E-state index in [9.17, 15) is 9.59 Å². The second-order valence-electron chi connectivity index (χ2n) is 8.84. The number of hydrogen-bond donors (Lipinski definition) is 2. The lowest BCUT2D eigenvalue weighted by molar-refractivity contribution is -0.118. The van der Waals surface area contributed by atoms with E-state index in [1.54, 1.807) is 0 Å². The number of anilines is 3. The van der Waals surface area contributed by atoms with Crippen molar-refractivity contribution >= 4 is 40.1 Å². The minimum absolute atomic E-state index is 0.107. The molecule has 180 valence electrons. The lowest BCUT2D eigenvalue weighted by Crippen LogP contribution is -2.32. The first kappa shape index (κ1) is 24.2. The lowest BCUT2D eigenvalue weighted by atomic mass is 10.00. The van der Waals surface area contributed by atoms with Crippen LogP contribution in [0.4, 0.5) is 17.1 Å². The average molecular weight is 469 g/mol. The Morgan fingerprint density at radius 2 is 1.57 bits per heavy atom. The molecule has 2 amide bonds. The largest absolute Gasteiger partial charge is 0.354 e. The van der Waals surface area contributed by atoms with Gasteiger partial charge in [0, 0.05) is 35.6 Å². The Kier molecular flexibility index (Phi) is 7.63. The van der Waals surface area contributed by atoms with Crippen LogP contribution in [0.25, 0.3) is 11.3 Å². The van der Waals surface area contributed by atoms with E-state index in [1.807, 2.05) is 105 Å². The molecule has 35 heavy (non-hydrogen) atoms. The maximum Gasteiger partial charge on any atom is 0.258 e. The van der Waals surface area contributed by atoms with Crippen LogP contribution in [0.1, 0.15) is 30.9 Å². The SMILES string of the molecule is CCC(=O)N(CCCN(C)C)c1ccc(N/C(=C2\C(=O)Nc3ccccc32)c2ccccc2)cc1. The molecular weight excluding hydrogens is 436 g/mol. The molecule has 0 unspecified atom stereocenters. The molecule has 0 fully saturated rings. The van der Waals surface area contributed by atoms with Gasteiger partial charge in [-0.15, -0.1) is 0 Å². The van der Waals surface area contributed by atoms with E-state index in [0.29, 0.717) is 18.5 Å².